The summed E-state index contributed by atoms with van der Waals surface area (Å²) in [5, 5.41) is 4.23. The summed E-state index contributed by atoms with van der Waals surface area (Å²) >= 11 is 0. The Kier molecular flexibility index (Phi) is 5.28. The third kappa shape index (κ3) is 4.08. The van der Waals surface area contributed by atoms with E-state index in [0.29, 0.717) is 5.92 Å². The van der Waals surface area contributed by atoms with Crippen LogP contribution in [0, 0.1) is 11.8 Å². The third-order valence-electron chi connectivity index (χ3n) is 5.92. The summed E-state index contributed by atoms with van der Waals surface area (Å²) in [6, 6.07) is 18.6. The number of fused-ring (bicyclic) bond motifs is 1. The Balaban J connectivity index is 1.52. The first kappa shape index (κ1) is 17.8. The molecule has 140 valence electrons. The molecule has 27 heavy (non-hydrogen) atoms. The number of hydrogen-bond acceptors (Lipinski definition) is 1. The highest BCUT2D eigenvalue weighted by Gasteiger charge is 2.20. The molecule has 1 heterocycles. The Morgan fingerprint density at radius 3 is 2.48 bits per heavy atom. The molecule has 4 rings (SSSR count). The summed E-state index contributed by atoms with van der Waals surface area (Å²) in [6.07, 6.45) is 7.05. The van der Waals surface area contributed by atoms with Crippen molar-refractivity contribution in [1.82, 2.24) is 9.88 Å². The molecule has 0 unspecified atom stereocenters. The van der Waals surface area contributed by atoms with E-state index in [1.807, 2.05) is 30.5 Å². The molecule has 1 saturated carbocycles. The van der Waals surface area contributed by atoms with Crippen molar-refractivity contribution in [3.8, 4) is 0 Å². The van der Waals surface area contributed by atoms with E-state index in [9.17, 15) is 4.79 Å². The number of benzene rings is 2. The number of nitrogens with zero attached hydrogens (tertiary/aromatic N) is 1. The zero-order valence-corrected chi connectivity index (χ0v) is 16.0. The Hall–Kier alpha value is -2.55. The van der Waals surface area contributed by atoms with Crippen LogP contribution in [0.25, 0.3) is 10.9 Å². The molecular weight excluding hydrogens is 332 g/mol. The third-order valence-corrected chi connectivity index (χ3v) is 5.92. The molecule has 2 aromatic carbocycles. The lowest BCUT2D eigenvalue weighted by atomic mass is 9.83. The Bertz CT molecular complexity index is 905. The van der Waals surface area contributed by atoms with E-state index in [-0.39, 0.29) is 5.91 Å². The highest BCUT2D eigenvalue weighted by molar-refractivity contribution is 6.07. The van der Waals surface area contributed by atoms with Crippen molar-refractivity contribution in [2.75, 3.05) is 6.54 Å². The first-order valence-electron chi connectivity index (χ1n) is 10.1. The largest absolute Gasteiger partial charge is 0.352 e. The van der Waals surface area contributed by atoms with Gasteiger partial charge >= 0.3 is 0 Å². The number of carbonyl (C=O) groups excluding carboxylic acids is 1. The highest BCUT2D eigenvalue weighted by atomic mass is 16.1. The van der Waals surface area contributed by atoms with Gasteiger partial charge in [0.15, 0.2) is 0 Å². The highest BCUT2D eigenvalue weighted by Crippen LogP contribution is 2.28. The average molecular weight is 361 g/mol. The monoisotopic (exact) mass is 360 g/mol. The van der Waals surface area contributed by atoms with Crippen molar-refractivity contribution < 1.29 is 4.79 Å². The maximum atomic E-state index is 12.9. The molecule has 0 radical (unpaired) electrons. The number of hydrogen-bond donors (Lipinski definition) is 1. The topological polar surface area (TPSA) is 34.0 Å². The number of aromatic nitrogens is 1. The van der Waals surface area contributed by atoms with Gasteiger partial charge < -0.3 is 9.88 Å². The van der Waals surface area contributed by atoms with Crippen LogP contribution in [0.4, 0.5) is 0 Å². The van der Waals surface area contributed by atoms with Gasteiger partial charge in [0.25, 0.3) is 5.91 Å². The zero-order valence-electron chi connectivity index (χ0n) is 16.0. The van der Waals surface area contributed by atoms with Gasteiger partial charge in [-0.05, 0) is 36.3 Å². The second-order valence-corrected chi connectivity index (χ2v) is 8.01. The number of para-hydroxylation sites is 1. The van der Waals surface area contributed by atoms with Crippen molar-refractivity contribution in [1.29, 1.82) is 0 Å². The molecule has 0 atom stereocenters. The minimum atomic E-state index is 0.0524. The smallest absolute Gasteiger partial charge is 0.253 e. The van der Waals surface area contributed by atoms with Gasteiger partial charge in [-0.15, -0.1) is 0 Å². The van der Waals surface area contributed by atoms with Crippen LogP contribution in [0.15, 0.2) is 60.8 Å². The van der Waals surface area contributed by atoms with Crippen molar-refractivity contribution >= 4 is 16.8 Å². The molecule has 1 fully saturated rings. The van der Waals surface area contributed by atoms with Gasteiger partial charge in [-0.1, -0.05) is 68.3 Å². The predicted octanol–water partition coefficient (Wildman–Crippen LogP) is 5.25. The van der Waals surface area contributed by atoms with Crippen LogP contribution in [0.2, 0.25) is 0 Å². The van der Waals surface area contributed by atoms with Crippen LogP contribution in [0.1, 0.15) is 48.5 Å². The van der Waals surface area contributed by atoms with Crippen molar-refractivity contribution in [3.05, 3.63) is 71.9 Å². The van der Waals surface area contributed by atoms with E-state index in [1.165, 1.54) is 31.2 Å². The molecule has 3 heteroatoms. The molecule has 0 spiro atoms. The normalized spacial score (nSPS) is 19.9. The fraction of sp³-hybridized carbons (Fsp3) is 0.375. The summed E-state index contributed by atoms with van der Waals surface area (Å²) in [5.74, 6) is 1.52. The standard InChI is InChI=1S/C24H28N2O/c1-18-11-13-19(14-12-18)15-25-24(27)22-17-26(16-20-7-3-2-4-8-20)23-10-6-5-9-21(22)23/h2-10,17-19H,11-16H2,1H3,(H,25,27). The maximum absolute atomic E-state index is 12.9. The average Bonchev–Trinajstić information content (AvgIpc) is 3.07. The zero-order chi connectivity index (χ0) is 18.6. The van der Waals surface area contributed by atoms with Crippen molar-refractivity contribution in [2.24, 2.45) is 11.8 Å². The van der Waals surface area contributed by atoms with Gasteiger partial charge in [-0.2, -0.15) is 0 Å². The van der Waals surface area contributed by atoms with Gasteiger partial charge in [-0.25, -0.2) is 0 Å². The van der Waals surface area contributed by atoms with Crippen molar-refractivity contribution in [3.63, 3.8) is 0 Å². The van der Waals surface area contributed by atoms with Gasteiger partial charge in [0.2, 0.25) is 0 Å². The van der Waals surface area contributed by atoms with E-state index >= 15 is 0 Å². The van der Waals surface area contributed by atoms with E-state index in [0.717, 1.165) is 35.5 Å². The van der Waals surface area contributed by atoms with Crippen LogP contribution in [0.5, 0.6) is 0 Å². The van der Waals surface area contributed by atoms with Crippen LogP contribution in [-0.2, 0) is 6.54 Å². The van der Waals surface area contributed by atoms with Gasteiger partial charge in [0, 0.05) is 30.2 Å². The Morgan fingerprint density at radius 1 is 1.00 bits per heavy atom. The summed E-state index contributed by atoms with van der Waals surface area (Å²) in [5.41, 5.74) is 3.13. The molecule has 1 amide bonds. The molecule has 3 aromatic rings. The molecule has 1 aromatic heterocycles. The minimum absolute atomic E-state index is 0.0524. The molecular formula is C24H28N2O. The first-order chi connectivity index (χ1) is 13.2. The molecule has 3 nitrogen and oxygen atoms in total. The van der Waals surface area contributed by atoms with Crippen molar-refractivity contribution in [2.45, 2.75) is 39.2 Å². The second-order valence-electron chi connectivity index (χ2n) is 8.01. The van der Waals surface area contributed by atoms with Gasteiger partial charge in [-0.3, -0.25) is 4.79 Å². The molecule has 1 N–H and O–H groups in total. The van der Waals surface area contributed by atoms with Crippen LogP contribution >= 0.6 is 0 Å². The summed E-state index contributed by atoms with van der Waals surface area (Å²) in [4.78, 5) is 12.9. The number of carbonyl (C=O) groups is 1. The number of nitrogens with one attached hydrogen (secondary N) is 1. The lowest BCUT2D eigenvalue weighted by molar-refractivity contribution is 0.0943. The Labute approximate surface area is 161 Å². The maximum Gasteiger partial charge on any atom is 0.253 e. The molecule has 0 saturated heterocycles. The SMILES string of the molecule is CC1CCC(CNC(=O)c2cn(Cc3ccccc3)c3ccccc23)CC1. The first-order valence-corrected chi connectivity index (χ1v) is 10.1. The van der Waals surface area contributed by atoms with E-state index in [2.05, 4.69) is 47.1 Å². The number of amides is 1. The van der Waals surface area contributed by atoms with Gasteiger partial charge in [0.1, 0.15) is 0 Å². The fourth-order valence-electron chi connectivity index (χ4n) is 4.20. The van der Waals surface area contributed by atoms with E-state index < -0.39 is 0 Å². The molecule has 0 aliphatic heterocycles. The van der Waals surface area contributed by atoms with E-state index in [1.54, 1.807) is 0 Å². The minimum Gasteiger partial charge on any atom is -0.352 e. The van der Waals surface area contributed by atoms with Gasteiger partial charge in [0.05, 0.1) is 5.56 Å². The lowest BCUT2D eigenvalue weighted by Gasteiger charge is -2.26. The van der Waals surface area contributed by atoms with E-state index in [4.69, 9.17) is 0 Å². The van der Waals surface area contributed by atoms with Crippen LogP contribution < -0.4 is 5.32 Å². The molecule has 1 aliphatic rings. The molecule has 0 bridgehead atoms. The second kappa shape index (κ2) is 7.99. The predicted molar refractivity (Wildman–Crippen MR) is 111 cm³/mol. The van der Waals surface area contributed by atoms with Crippen LogP contribution in [0.3, 0.4) is 0 Å². The molecule has 1 aliphatic carbocycles. The summed E-state index contributed by atoms with van der Waals surface area (Å²) in [6.45, 7) is 3.90. The Morgan fingerprint density at radius 2 is 1.70 bits per heavy atom. The summed E-state index contributed by atoms with van der Waals surface area (Å²) in [7, 11) is 0. The fourth-order valence-corrected chi connectivity index (χ4v) is 4.20. The quantitative estimate of drug-likeness (QED) is 0.663. The summed E-state index contributed by atoms with van der Waals surface area (Å²) < 4.78 is 2.18. The lowest BCUT2D eigenvalue weighted by Crippen LogP contribution is -2.31. The van der Waals surface area contributed by atoms with Crippen LogP contribution in [-0.4, -0.2) is 17.0 Å². The number of rotatable bonds is 5.